The fraction of sp³-hybridized carbons (Fsp3) is 0.667. The van der Waals surface area contributed by atoms with Crippen LogP contribution in [-0.4, -0.2) is 28.2 Å². The van der Waals surface area contributed by atoms with E-state index in [1.54, 1.807) is 0 Å². The van der Waals surface area contributed by atoms with Crippen LogP contribution in [0, 0.1) is 0 Å². The van der Waals surface area contributed by atoms with Gasteiger partial charge in [-0.05, 0) is 0 Å². The van der Waals surface area contributed by atoms with Crippen molar-refractivity contribution < 1.29 is 26.7 Å². The predicted octanol–water partition coefficient (Wildman–Crippen LogP) is -2.70. The minimum Gasteiger partial charge on any atom is -0.412 e. The van der Waals surface area contributed by atoms with Gasteiger partial charge in [-0.3, -0.25) is 0 Å². The summed E-state index contributed by atoms with van der Waals surface area (Å²) in [7, 11) is 0. The van der Waals surface area contributed by atoms with Crippen molar-refractivity contribution in [2.24, 2.45) is 0 Å². The van der Waals surface area contributed by atoms with Gasteiger partial charge in [0.25, 0.3) is 0 Å². The summed E-state index contributed by atoms with van der Waals surface area (Å²) in [5.74, 6) is 0. The molecule has 0 aliphatic carbocycles. The van der Waals surface area contributed by atoms with E-state index in [-0.39, 0.29) is 21.9 Å². The van der Waals surface area contributed by atoms with Crippen molar-refractivity contribution in [2.45, 2.75) is 13.3 Å². The highest BCUT2D eigenvalue weighted by Gasteiger charge is 1.52. The maximum atomic E-state index is 9.17. The van der Waals surface area contributed by atoms with E-state index in [4.69, 9.17) is 0 Å². The van der Waals surface area contributed by atoms with Gasteiger partial charge >= 0.3 is 0 Å². The van der Waals surface area contributed by atoms with E-state index in [0.29, 0.717) is 6.42 Å². The molecule has 0 amide bonds. The first-order chi connectivity index (χ1) is 1.91. The Bertz CT molecular complexity index is 21.6. The van der Waals surface area contributed by atoms with Crippen molar-refractivity contribution in [3.63, 3.8) is 0 Å². The molecule has 0 aromatic heterocycles. The molecule has 0 fully saturated rings. The Morgan fingerprint density at radius 2 is 1.25 bits per heavy atom. The molecule has 0 aromatic rings. The Morgan fingerprint density at radius 1 is 1.12 bits per heavy atom. The van der Waals surface area contributed by atoms with E-state index < -0.39 is 0 Å². The topological polar surface area (TPSA) is 143 Å². The molecule has 5 nitrogen and oxygen atoms in total. The van der Waals surface area contributed by atoms with Crippen LogP contribution in [0.5, 0.6) is 0 Å². The summed E-state index contributed by atoms with van der Waals surface area (Å²) in [4.78, 5) is 9.17. The lowest BCUT2D eigenvalue weighted by Gasteiger charge is -1.51. The first kappa shape index (κ1) is 50.5. The van der Waals surface area contributed by atoms with Gasteiger partial charge in [0, 0.05) is 6.42 Å². The van der Waals surface area contributed by atoms with Gasteiger partial charge in [0.05, 0.1) is 0 Å². The molecule has 0 heterocycles. The smallest absolute Gasteiger partial charge is 0.119 e. The molecule has 0 radical (unpaired) electrons. The number of hydrogen-bond acceptors (Lipinski definition) is 1. The van der Waals surface area contributed by atoms with Crippen LogP contribution in [0.15, 0.2) is 0 Å². The number of carbonyl (C=O) groups is 1. The van der Waals surface area contributed by atoms with Crippen molar-refractivity contribution in [3.8, 4) is 0 Å². The first-order valence-corrected chi connectivity index (χ1v) is 1.35. The molecule has 8 N–H and O–H groups in total. The van der Waals surface area contributed by atoms with Crippen molar-refractivity contribution in [3.05, 3.63) is 0 Å². The minimum absolute atomic E-state index is 0. The molecular formula is C3H14O5. The zero-order valence-corrected chi connectivity index (χ0v) is 4.69. The summed E-state index contributed by atoms with van der Waals surface area (Å²) in [6, 6.07) is 0. The largest absolute Gasteiger partial charge is 0.412 e. The molecule has 0 aliphatic rings. The van der Waals surface area contributed by atoms with Gasteiger partial charge < -0.3 is 26.7 Å². The Morgan fingerprint density at radius 3 is 1.25 bits per heavy atom. The number of carbonyl (C=O) groups excluding carboxylic acids is 1. The standard InChI is InChI=1S/C3H6O.4H2O/c1-2-3-4;;;;/h3H,2H2,1H3;4*1H2. The molecule has 5 heteroatoms. The molecule has 0 aliphatic heterocycles. The van der Waals surface area contributed by atoms with E-state index >= 15 is 0 Å². The fourth-order valence-corrected chi connectivity index (χ4v) is 0. The van der Waals surface area contributed by atoms with E-state index in [2.05, 4.69) is 0 Å². The van der Waals surface area contributed by atoms with Crippen LogP contribution in [0.1, 0.15) is 13.3 Å². The van der Waals surface area contributed by atoms with Crippen LogP contribution in [-0.2, 0) is 4.79 Å². The molecule has 8 heavy (non-hydrogen) atoms. The quantitative estimate of drug-likeness (QED) is 0.349. The summed E-state index contributed by atoms with van der Waals surface area (Å²) < 4.78 is 0. The van der Waals surface area contributed by atoms with Gasteiger partial charge in [0.1, 0.15) is 6.29 Å². The maximum absolute atomic E-state index is 9.17. The average molecular weight is 130 g/mol. The Balaban J connectivity index is -0.00000000750. The van der Waals surface area contributed by atoms with Crippen LogP contribution in [0.25, 0.3) is 0 Å². The summed E-state index contributed by atoms with van der Waals surface area (Å²) in [5.41, 5.74) is 0. The van der Waals surface area contributed by atoms with E-state index in [0.717, 1.165) is 6.29 Å². The molecule has 0 saturated carbocycles. The van der Waals surface area contributed by atoms with Gasteiger partial charge in [-0.1, -0.05) is 6.92 Å². The molecule has 0 bridgehead atoms. The lowest BCUT2D eigenvalue weighted by molar-refractivity contribution is -0.107. The zero-order valence-electron chi connectivity index (χ0n) is 4.69. The van der Waals surface area contributed by atoms with Gasteiger partial charge in [0.15, 0.2) is 0 Å². The van der Waals surface area contributed by atoms with E-state index in [9.17, 15) is 4.79 Å². The average Bonchev–Trinajstić information content (AvgIpc) is 1.37. The molecule has 0 unspecified atom stereocenters. The number of rotatable bonds is 1. The van der Waals surface area contributed by atoms with Crippen LogP contribution >= 0.6 is 0 Å². The third kappa shape index (κ3) is 431. The van der Waals surface area contributed by atoms with Crippen molar-refractivity contribution in [1.29, 1.82) is 0 Å². The molecule has 0 aromatic carbocycles. The van der Waals surface area contributed by atoms with Crippen molar-refractivity contribution in [1.82, 2.24) is 0 Å². The lowest BCUT2D eigenvalue weighted by Crippen LogP contribution is -1.55. The maximum Gasteiger partial charge on any atom is 0.119 e. The van der Waals surface area contributed by atoms with E-state index in [1.807, 2.05) is 6.92 Å². The van der Waals surface area contributed by atoms with Gasteiger partial charge in [-0.15, -0.1) is 0 Å². The molecular weight excluding hydrogens is 116 g/mol. The highest BCUT2D eigenvalue weighted by Crippen LogP contribution is 1.53. The minimum atomic E-state index is 0. The highest BCUT2D eigenvalue weighted by molar-refractivity contribution is 5.48. The van der Waals surface area contributed by atoms with Crippen LogP contribution in [0.3, 0.4) is 0 Å². The lowest BCUT2D eigenvalue weighted by atomic mass is 10.6. The predicted molar refractivity (Wildman–Crippen MR) is 30.8 cm³/mol. The molecule has 0 spiro atoms. The molecule has 0 saturated heterocycles. The highest BCUT2D eigenvalue weighted by atomic mass is 16.1. The van der Waals surface area contributed by atoms with Gasteiger partial charge in [-0.25, -0.2) is 0 Å². The third-order valence-electron chi connectivity index (χ3n) is 0.167. The first-order valence-electron chi connectivity index (χ1n) is 1.35. The molecule has 0 atom stereocenters. The van der Waals surface area contributed by atoms with E-state index in [1.165, 1.54) is 0 Å². The molecule has 56 valence electrons. The van der Waals surface area contributed by atoms with Crippen LogP contribution < -0.4 is 0 Å². The van der Waals surface area contributed by atoms with Gasteiger partial charge in [-0.2, -0.15) is 0 Å². The Labute approximate surface area is 47.6 Å². The van der Waals surface area contributed by atoms with Crippen LogP contribution in [0.2, 0.25) is 0 Å². The summed E-state index contributed by atoms with van der Waals surface area (Å²) >= 11 is 0. The Kier molecular flexibility index (Phi) is 547. The van der Waals surface area contributed by atoms with Crippen LogP contribution in [0.4, 0.5) is 0 Å². The SMILES string of the molecule is CCC=O.O.O.O.O. The van der Waals surface area contributed by atoms with Crippen molar-refractivity contribution >= 4 is 6.29 Å². The Hall–Kier alpha value is -0.490. The number of aldehydes is 1. The zero-order chi connectivity index (χ0) is 3.41. The third-order valence-corrected chi connectivity index (χ3v) is 0.167. The second-order valence-corrected chi connectivity index (χ2v) is 0.575. The van der Waals surface area contributed by atoms with Crippen molar-refractivity contribution in [2.75, 3.05) is 0 Å². The van der Waals surface area contributed by atoms with Gasteiger partial charge in [0.2, 0.25) is 0 Å². The monoisotopic (exact) mass is 130 g/mol. The second kappa shape index (κ2) is 86.7. The summed E-state index contributed by atoms with van der Waals surface area (Å²) in [6.07, 6.45) is 1.51. The second-order valence-electron chi connectivity index (χ2n) is 0.575. The summed E-state index contributed by atoms with van der Waals surface area (Å²) in [5, 5.41) is 0. The fourth-order valence-electron chi connectivity index (χ4n) is 0. The normalized spacial score (nSPS) is 3.12. The number of hydrogen-bond donors (Lipinski definition) is 0. The summed E-state index contributed by atoms with van der Waals surface area (Å²) in [6.45, 7) is 1.81. The molecule has 0 rings (SSSR count).